The van der Waals surface area contributed by atoms with Crippen molar-refractivity contribution in [3.8, 4) is 5.75 Å². The lowest BCUT2D eigenvalue weighted by Gasteiger charge is -2.26. The largest absolute Gasteiger partial charge is 0.496 e. The molecule has 0 radical (unpaired) electrons. The summed E-state index contributed by atoms with van der Waals surface area (Å²) >= 11 is 0. The summed E-state index contributed by atoms with van der Waals surface area (Å²) in [7, 11) is 5.49. The average molecular weight is 417 g/mol. The van der Waals surface area contributed by atoms with Gasteiger partial charge in [-0.05, 0) is 39.2 Å². The van der Waals surface area contributed by atoms with E-state index in [0.717, 1.165) is 16.9 Å². The lowest BCUT2D eigenvalue weighted by molar-refractivity contribution is 0.0914. The zero-order chi connectivity index (χ0) is 20.3. The second kappa shape index (κ2) is 9.58. The van der Waals surface area contributed by atoms with E-state index < -0.39 is 5.91 Å². The van der Waals surface area contributed by atoms with Crippen LogP contribution in [0.4, 0.5) is 0 Å². The topological polar surface area (TPSA) is 71.8 Å². The molecule has 1 aromatic heterocycles. The molecule has 1 unspecified atom stereocenters. The van der Waals surface area contributed by atoms with Gasteiger partial charge < -0.3 is 19.4 Å². The number of nitrogens with one attached hydrogen (secondary N) is 1. The molecule has 7 heteroatoms. The second-order valence-corrected chi connectivity index (χ2v) is 6.91. The van der Waals surface area contributed by atoms with Crippen molar-refractivity contribution in [2.45, 2.75) is 13.0 Å². The monoisotopic (exact) mass is 416 g/mol. The van der Waals surface area contributed by atoms with Crippen molar-refractivity contribution in [1.82, 2.24) is 10.2 Å². The smallest absolute Gasteiger partial charge is 0.287 e. The van der Waals surface area contributed by atoms with Crippen LogP contribution in [0.15, 0.2) is 57.7 Å². The average Bonchev–Trinajstić information content (AvgIpc) is 2.68. The summed E-state index contributed by atoms with van der Waals surface area (Å²) in [5.41, 5.74) is 2.09. The predicted octanol–water partition coefficient (Wildman–Crippen LogP) is 3.56. The lowest BCUT2D eigenvalue weighted by Crippen LogP contribution is -2.35. The van der Waals surface area contributed by atoms with Gasteiger partial charge in [-0.1, -0.05) is 29.8 Å². The second-order valence-electron chi connectivity index (χ2n) is 6.91. The first-order valence-corrected chi connectivity index (χ1v) is 9.02. The molecule has 0 aliphatic carbocycles. The molecule has 1 amide bonds. The van der Waals surface area contributed by atoms with Gasteiger partial charge >= 0.3 is 0 Å². The number of likely N-dealkylation sites (N-methyl/N-ethyl adjacent to an activating group) is 1. The quantitative estimate of drug-likeness (QED) is 0.665. The normalized spacial score (nSPS) is 11.8. The number of fused-ring (bicyclic) bond motifs is 1. The van der Waals surface area contributed by atoms with E-state index in [1.807, 2.05) is 56.3 Å². The summed E-state index contributed by atoms with van der Waals surface area (Å²) in [6, 6.07) is 14.1. The molecule has 0 spiro atoms. The Labute approximate surface area is 175 Å². The van der Waals surface area contributed by atoms with E-state index >= 15 is 0 Å². The Hall–Kier alpha value is -2.83. The third-order valence-corrected chi connectivity index (χ3v) is 4.68. The van der Waals surface area contributed by atoms with Crippen LogP contribution in [0.25, 0.3) is 11.0 Å². The molecule has 0 aliphatic heterocycles. The van der Waals surface area contributed by atoms with Crippen LogP contribution in [-0.4, -0.2) is 38.6 Å². The molecule has 2 aromatic carbocycles. The fourth-order valence-corrected chi connectivity index (χ4v) is 3.17. The molecule has 3 rings (SSSR count). The zero-order valence-electron chi connectivity index (χ0n) is 16.9. The summed E-state index contributed by atoms with van der Waals surface area (Å²) in [6.07, 6.45) is 0. The number of halogens is 1. The third-order valence-electron chi connectivity index (χ3n) is 4.68. The first-order chi connectivity index (χ1) is 13.4. The van der Waals surface area contributed by atoms with E-state index in [2.05, 4.69) is 5.32 Å². The molecule has 0 saturated heterocycles. The molecule has 1 heterocycles. The molecule has 154 valence electrons. The summed E-state index contributed by atoms with van der Waals surface area (Å²) in [6.45, 7) is 2.24. The van der Waals surface area contributed by atoms with Crippen LogP contribution in [0.3, 0.4) is 0 Å². The number of amides is 1. The number of benzene rings is 2. The number of hydrogen-bond acceptors (Lipinski definition) is 5. The number of carbonyl (C=O) groups excluding carboxylic acids is 1. The van der Waals surface area contributed by atoms with Crippen molar-refractivity contribution in [3.63, 3.8) is 0 Å². The highest BCUT2D eigenvalue weighted by Gasteiger charge is 2.20. The van der Waals surface area contributed by atoms with Crippen LogP contribution in [-0.2, 0) is 0 Å². The van der Waals surface area contributed by atoms with Gasteiger partial charge in [0, 0.05) is 18.2 Å². The van der Waals surface area contributed by atoms with Gasteiger partial charge in [0.05, 0.1) is 18.5 Å². The van der Waals surface area contributed by atoms with E-state index in [0.29, 0.717) is 17.5 Å². The van der Waals surface area contributed by atoms with Crippen molar-refractivity contribution >= 4 is 29.3 Å². The summed E-state index contributed by atoms with van der Waals surface area (Å²) in [4.78, 5) is 27.0. The molecular weight excluding hydrogens is 392 g/mol. The van der Waals surface area contributed by atoms with Gasteiger partial charge in [0.1, 0.15) is 11.3 Å². The van der Waals surface area contributed by atoms with E-state index in [1.165, 1.54) is 6.07 Å². The van der Waals surface area contributed by atoms with Crippen LogP contribution in [0, 0.1) is 6.92 Å². The van der Waals surface area contributed by atoms with Gasteiger partial charge in [-0.3, -0.25) is 9.59 Å². The Morgan fingerprint density at radius 3 is 2.59 bits per heavy atom. The van der Waals surface area contributed by atoms with E-state index in [1.54, 1.807) is 19.2 Å². The van der Waals surface area contributed by atoms with E-state index in [9.17, 15) is 9.59 Å². The number of para-hydroxylation sites is 1. The number of nitrogens with zero attached hydrogens (tertiary/aromatic N) is 1. The van der Waals surface area contributed by atoms with E-state index in [-0.39, 0.29) is 29.6 Å². The molecule has 0 bridgehead atoms. The van der Waals surface area contributed by atoms with Crippen LogP contribution in [0.1, 0.15) is 27.7 Å². The van der Waals surface area contributed by atoms with Crippen molar-refractivity contribution in [2.24, 2.45) is 0 Å². The Morgan fingerprint density at radius 2 is 1.90 bits per heavy atom. The highest BCUT2D eigenvalue weighted by molar-refractivity contribution is 5.93. The highest BCUT2D eigenvalue weighted by atomic mass is 35.5. The van der Waals surface area contributed by atoms with Gasteiger partial charge in [0.15, 0.2) is 11.2 Å². The van der Waals surface area contributed by atoms with E-state index in [4.69, 9.17) is 9.15 Å². The minimum Gasteiger partial charge on any atom is -0.496 e. The number of rotatable bonds is 6. The Kier molecular flexibility index (Phi) is 7.42. The SMILES string of the molecule is COc1ccccc1C(CNC(=O)c1cc(=O)c2cc(C)ccc2o1)N(C)C.Cl. The fourth-order valence-electron chi connectivity index (χ4n) is 3.17. The maximum atomic E-state index is 12.6. The number of hydrogen-bond donors (Lipinski definition) is 1. The third kappa shape index (κ3) is 4.96. The molecule has 0 aliphatic rings. The van der Waals surface area contributed by atoms with Crippen molar-refractivity contribution in [3.05, 3.63) is 75.6 Å². The lowest BCUT2D eigenvalue weighted by atomic mass is 10.0. The summed E-state index contributed by atoms with van der Waals surface area (Å²) < 4.78 is 11.1. The van der Waals surface area contributed by atoms with Gasteiger partial charge in [-0.25, -0.2) is 0 Å². The number of aryl methyl sites for hydroxylation is 1. The summed E-state index contributed by atoms with van der Waals surface area (Å²) in [5, 5.41) is 3.33. The molecule has 3 aromatic rings. The van der Waals surface area contributed by atoms with Crippen molar-refractivity contribution in [1.29, 1.82) is 0 Å². The minimum absolute atomic E-state index is 0. The number of ether oxygens (including phenoxy) is 1. The molecule has 0 saturated carbocycles. The Morgan fingerprint density at radius 1 is 1.17 bits per heavy atom. The van der Waals surface area contributed by atoms with Gasteiger partial charge in [0.25, 0.3) is 5.91 Å². The molecule has 1 atom stereocenters. The Bertz CT molecular complexity index is 1060. The first-order valence-electron chi connectivity index (χ1n) is 9.02. The minimum atomic E-state index is -0.429. The molecule has 0 fully saturated rings. The predicted molar refractivity (Wildman–Crippen MR) is 116 cm³/mol. The van der Waals surface area contributed by atoms with Crippen molar-refractivity contribution < 1.29 is 13.9 Å². The van der Waals surface area contributed by atoms with Crippen LogP contribution in [0.5, 0.6) is 5.75 Å². The summed E-state index contributed by atoms with van der Waals surface area (Å²) in [5.74, 6) is 0.322. The number of methoxy groups -OCH3 is 1. The maximum Gasteiger partial charge on any atom is 0.287 e. The van der Waals surface area contributed by atoms with Crippen LogP contribution < -0.4 is 15.5 Å². The van der Waals surface area contributed by atoms with Crippen molar-refractivity contribution in [2.75, 3.05) is 27.7 Å². The molecule has 1 N–H and O–H groups in total. The van der Waals surface area contributed by atoms with Gasteiger partial charge in [-0.15, -0.1) is 12.4 Å². The Balaban J connectivity index is 0.00000300. The van der Waals surface area contributed by atoms with Crippen LogP contribution in [0.2, 0.25) is 0 Å². The fraction of sp³-hybridized carbons (Fsp3) is 0.273. The van der Waals surface area contributed by atoms with Gasteiger partial charge in [-0.2, -0.15) is 0 Å². The highest BCUT2D eigenvalue weighted by Crippen LogP contribution is 2.27. The maximum absolute atomic E-state index is 12.6. The number of carbonyl (C=O) groups is 1. The standard InChI is InChI=1S/C22H24N2O4.ClH/c1-14-9-10-20-16(11-14)18(25)12-21(28-20)22(26)23-13-17(24(2)3)15-7-5-6-8-19(15)27-4;/h5-12,17H,13H2,1-4H3,(H,23,26);1H. The molecule has 29 heavy (non-hydrogen) atoms. The zero-order valence-corrected chi connectivity index (χ0v) is 17.7. The van der Waals surface area contributed by atoms with Gasteiger partial charge in [0.2, 0.25) is 0 Å². The molecule has 6 nitrogen and oxygen atoms in total. The van der Waals surface area contributed by atoms with Crippen LogP contribution >= 0.6 is 12.4 Å². The molecular formula is C22H25ClN2O4. The first kappa shape index (κ1) is 22.5.